The van der Waals surface area contributed by atoms with Gasteiger partial charge in [0.2, 0.25) is 0 Å². The summed E-state index contributed by atoms with van der Waals surface area (Å²) in [4.78, 5) is 25.3. The van der Waals surface area contributed by atoms with Crippen molar-refractivity contribution in [2.75, 3.05) is 32.8 Å². The van der Waals surface area contributed by atoms with Crippen LogP contribution in [0.15, 0.2) is 0 Å². The minimum absolute atomic E-state index is 0.131. The summed E-state index contributed by atoms with van der Waals surface area (Å²) in [5.74, 6) is -0.232. The van der Waals surface area contributed by atoms with Crippen LogP contribution >= 0.6 is 0 Å². The summed E-state index contributed by atoms with van der Waals surface area (Å²) in [6.07, 6.45) is 4.01. The molecule has 21 heavy (non-hydrogen) atoms. The Hall–Kier alpha value is -1.30. The fraction of sp³-hybridized carbons (Fsp3) is 0.867. The number of ether oxygens (including phenoxy) is 1. The molecule has 2 fully saturated rings. The molecule has 0 spiro atoms. The topological polar surface area (TPSA) is 78.9 Å². The highest BCUT2D eigenvalue weighted by Crippen LogP contribution is 2.35. The Bertz CT molecular complexity index is 382. The van der Waals surface area contributed by atoms with E-state index >= 15 is 0 Å². The second-order valence-electron chi connectivity index (χ2n) is 6.26. The standard InChI is InChI=1S/C15H26N2O4/c1-2-5-15(13(18)19)6-8-17(11-15)14(20)16-7-3-12-4-9-21-10-12/h12H,2-11H2,1H3,(H,16,20)(H,18,19). The molecule has 6 heteroatoms. The molecule has 2 N–H and O–H groups in total. The smallest absolute Gasteiger partial charge is 0.317 e. The Labute approximate surface area is 125 Å². The number of nitrogens with one attached hydrogen (secondary N) is 1. The van der Waals surface area contributed by atoms with Gasteiger partial charge < -0.3 is 20.1 Å². The highest BCUT2D eigenvalue weighted by Gasteiger charge is 2.45. The quantitative estimate of drug-likeness (QED) is 0.782. The summed E-state index contributed by atoms with van der Waals surface area (Å²) in [5, 5.41) is 12.4. The number of hydrogen-bond acceptors (Lipinski definition) is 3. The predicted molar refractivity (Wildman–Crippen MR) is 78.1 cm³/mol. The highest BCUT2D eigenvalue weighted by atomic mass is 16.5. The number of carbonyl (C=O) groups is 2. The van der Waals surface area contributed by atoms with Gasteiger partial charge in [-0.15, -0.1) is 0 Å². The second kappa shape index (κ2) is 7.11. The molecule has 0 aromatic heterocycles. The summed E-state index contributed by atoms with van der Waals surface area (Å²) >= 11 is 0. The number of amides is 2. The van der Waals surface area contributed by atoms with Crippen LogP contribution in [0.1, 0.15) is 39.0 Å². The van der Waals surface area contributed by atoms with Crippen molar-refractivity contribution in [3.05, 3.63) is 0 Å². The van der Waals surface area contributed by atoms with E-state index in [2.05, 4.69) is 5.32 Å². The first kappa shape index (κ1) is 16.1. The van der Waals surface area contributed by atoms with Gasteiger partial charge in [-0.1, -0.05) is 13.3 Å². The normalized spacial score (nSPS) is 28.8. The summed E-state index contributed by atoms with van der Waals surface area (Å²) in [6, 6.07) is -0.131. The van der Waals surface area contributed by atoms with E-state index < -0.39 is 11.4 Å². The lowest BCUT2D eigenvalue weighted by Gasteiger charge is -2.24. The van der Waals surface area contributed by atoms with Gasteiger partial charge in [-0.05, 0) is 31.6 Å². The number of carbonyl (C=O) groups excluding carboxylic acids is 1. The lowest BCUT2D eigenvalue weighted by molar-refractivity contribution is -0.148. The van der Waals surface area contributed by atoms with Crippen molar-refractivity contribution in [2.45, 2.75) is 39.0 Å². The SMILES string of the molecule is CCCC1(C(=O)O)CCN(C(=O)NCCC2CCOC2)C1. The average Bonchev–Trinajstić information content (AvgIpc) is 3.09. The number of hydrogen-bond donors (Lipinski definition) is 2. The second-order valence-corrected chi connectivity index (χ2v) is 6.26. The Morgan fingerprint density at radius 3 is 2.90 bits per heavy atom. The first-order valence-corrected chi connectivity index (χ1v) is 7.91. The molecule has 0 aliphatic carbocycles. The third-order valence-electron chi connectivity index (χ3n) is 4.68. The van der Waals surface area contributed by atoms with E-state index in [4.69, 9.17) is 4.74 Å². The number of nitrogens with zero attached hydrogens (tertiary/aromatic N) is 1. The number of likely N-dealkylation sites (tertiary alicyclic amines) is 1. The molecule has 2 rings (SSSR count). The van der Waals surface area contributed by atoms with Crippen molar-refractivity contribution in [3.8, 4) is 0 Å². The molecular weight excluding hydrogens is 272 g/mol. The summed E-state index contributed by atoms with van der Waals surface area (Å²) in [7, 11) is 0. The van der Waals surface area contributed by atoms with Crippen LogP contribution in [-0.4, -0.2) is 54.9 Å². The maximum atomic E-state index is 12.1. The lowest BCUT2D eigenvalue weighted by atomic mass is 9.83. The van der Waals surface area contributed by atoms with Gasteiger partial charge in [0, 0.05) is 32.8 Å². The molecule has 2 amide bonds. The zero-order chi connectivity index (χ0) is 15.3. The number of rotatable bonds is 6. The number of urea groups is 1. The molecule has 2 aliphatic heterocycles. The van der Waals surface area contributed by atoms with Crippen molar-refractivity contribution in [3.63, 3.8) is 0 Å². The van der Waals surface area contributed by atoms with E-state index in [1.54, 1.807) is 4.90 Å². The van der Waals surface area contributed by atoms with Gasteiger partial charge in [-0.3, -0.25) is 4.79 Å². The third-order valence-corrected chi connectivity index (χ3v) is 4.68. The van der Waals surface area contributed by atoms with Gasteiger partial charge in [0.05, 0.1) is 5.41 Å². The molecule has 0 aromatic carbocycles. The minimum atomic E-state index is -0.775. The highest BCUT2D eigenvalue weighted by molar-refractivity contribution is 5.79. The van der Waals surface area contributed by atoms with E-state index in [0.717, 1.165) is 32.5 Å². The minimum Gasteiger partial charge on any atom is -0.481 e. The van der Waals surface area contributed by atoms with Crippen LogP contribution in [0.3, 0.4) is 0 Å². The maximum absolute atomic E-state index is 12.1. The molecule has 6 nitrogen and oxygen atoms in total. The van der Waals surface area contributed by atoms with E-state index in [9.17, 15) is 14.7 Å². The Morgan fingerprint density at radius 1 is 1.48 bits per heavy atom. The number of carboxylic acid groups (broad SMARTS) is 1. The molecule has 2 aliphatic rings. The van der Waals surface area contributed by atoms with Crippen molar-refractivity contribution in [2.24, 2.45) is 11.3 Å². The molecule has 2 heterocycles. The van der Waals surface area contributed by atoms with Crippen LogP contribution < -0.4 is 5.32 Å². The van der Waals surface area contributed by atoms with Crippen molar-refractivity contribution < 1.29 is 19.4 Å². The Morgan fingerprint density at radius 2 is 2.29 bits per heavy atom. The van der Waals surface area contributed by atoms with Crippen molar-refractivity contribution in [1.29, 1.82) is 0 Å². The fourth-order valence-corrected chi connectivity index (χ4v) is 3.32. The van der Waals surface area contributed by atoms with Crippen molar-refractivity contribution in [1.82, 2.24) is 10.2 Å². The van der Waals surface area contributed by atoms with Gasteiger partial charge in [-0.2, -0.15) is 0 Å². The summed E-state index contributed by atoms with van der Waals surface area (Å²) < 4.78 is 5.31. The third kappa shape index (κ3) is 3.87. The van der Waals surface area contributed by atoms with Crippen LogP contribution in [0.4, 0.5) is 4.79 Å². The van der Waals surface area contributed by atoms with E-state index in [-0.39, 0.29) is 6.03 Å². The van der Waals surface area contributed by atoms with Crippen LogP contribution in [0.5, 0.6) is 0 Å². The molecule has 0 aromatic rings. The Kier molecular flexibility index (Phi) is 5.45. The van der Waals surface area contributed by atoms with E-state index in [1.165, 1.54) is 0 Å². The van der Waals surface area contributed by atoms with Gasteiger partial charge in [0.25, 0.3) is 0 Å². The molecule has 2 atom stereocenters. The largest absolute Gasteiger partial charge is 0.481 e. The van der Waals surface area contributed by atoms with E-state index in [1.807, 2.05) is 6.92 Å². The van der Waals surface area contributed by atoms with Gasteiger partial charge in [-0.25, -0.2) is 4.79 Å². The molecule has 0 bridgehead atoms. The van der Waals surface area contributed by atoms with Gasteiger partial charge >= 0.3 is 12.0 Å². The fourth-order valence-electron chi connectivity index (χ4n) is 3.32. The van der Waals surface area contributed by atoms with Gasteiger partial charge in [0.15, 0.2) is 0 Å². The van der Waals surface area contributed by atoms with Crippen molar-refractivity contribution >= 4 is 12.0 Å². The maximum Gasteiger partial charge on any atom is 0.317 e. The van der Waals surface area contributed by atoms with Crippen LogP contribution in [0.2, 0.25) is 0 Å². The number of aliphatic carboxylic acids is 1. The molecule has 2 saturated heterocycles. The van der Waals surface area contributed by atoms with Crippen LogP contribution in [-0.2, 0) is 9.53 Å². The molecule has 0 saturated carbocycles. The number of carboxylic acids is 1. The first-order chi connectivity index (χ1) is 10.1. The first-order valence-electron chi connectivity index (χ1n) is 7.91. The Balaban J connectivity index is 1.76. The molecule has 120 valence electrons. The zero-order valence-electron chi connectivity index (χ0n) is 12.8. The molecule has 2 unspecified atom stereocenters. The summed E-state index contributed by atoms with van der Waals surface area (Å²) in [6.45, 7) is 5.09. The van der Waals surface area contributed by atoms with Crippen LogP contribution in [0.25, 0.3) is 0 Å². The van der Waals surface area contributed by atoms with E-state index in [0.29, 0.717) is 38.4 Å². The molecular formula is C15H26N2O4. The van der Waals surface area contributed by atoms with Crippen LogP contribution in [0, 0.1) is 11.3 Å². The average molecular weight is 298 g/mol. The summed E-state index contributed by atoms with van der Waals surface area (Å²) in [5.41, 5.74) is -0.745. The zero-order valence-corrected chi connectivity index (χ0v) is 12.8. The van der Waals surface area contributed by atoms with Gasteiger partial charge in [0.1, 0.15) is 0 Å². The molecule has 0 radical (unpaired) electrons. The monoisotopic (exact) mass is 298 g/mol. The lowest BCUT2D eigenvalue weighted by Crippen LogP contribution is -2.42. The predicted octanol–water partition coefficient (Wildman–Crippen LogP) is 1.70.